The Kier molecular flexibility index (Phi) is 4.41. The van der Waals surface area contributed by atoms with Gasteiger partial charge in [0.2, 0.25) is 0 Å². The van der Waals surface area contributed by atoms with E-state index in [4.69, 9.17) is 4.42 Å². The molecule has 0 saturated carbocycles. The number of fused-ring (bicyclic) bond motifs is 1. The molecule has 0 bridgehead atoms. The summed E-state index contributed by atoms with van der Waals surface area (Å²) in [5.74, 6) is 0.282. The highest BCUT2D eigenvalue weighted by atomic mass is 16.3. The summed E-state index contributed by atoms with van der Waals surface area (Å²) < 4.78 is 5.43. The Morgan fingerprint density at radius 3 is 2.36 bits per heavy atom. The fourth-order valence-corrected chi connectivity index (χ4v) is 4.76. The first-order valence-corrected chi connectivity index (χ1v) is 9.94. The summed E-state index contributed by atoms with van der Waals surface area (Å²) in [5.41, 5.74) is 4.23. The average Bonchev–Trinajstić information content (AvgIpc) is 3.22. The first-order chi connectivity index (χ1) is 13.4. The topological polar surface area (TPSA) is 33.5 Å². The number of benzene rings is 2. The summed E-state index contributed by atoms with van der Waals surface area (Å²) in [5, 5.41) is 0. The van der Waals surface area contributed by atoms with Crippen molar-refractivity contribution in [3.63, 3.8) is 0 Å². The van der Waals surface area contributed by atoms with Crippen LogP contribution in [0.5, 0.6) is 0 Å². The Morgan fingerprint density at radius 1 is 1.00 bits per heavy atom. The Labute approximate surface area is 167 Å². The van der Waals surface area contributed by atoms with Crippen LogP contribution >= 0.6 is 0 Å². The molecule has 1 aliphatic heterocycles. The Bertz CT molecular complexity index is 986. The molecule has 28 heavy (non-hydrogen) atoms. The number of carbonyl (C=O) groups excluding carboxylic acids is 1. The van der Waals surface area contributed by atoms with E-state index in [-0.39, 0.29) is 16.9 Å². The van der Waals surface area contributed by atoms with Crippen molar-refractivity contribution in [1.29, 1.82) is 0 Å². The lowest BCUT2D eigenvalue weighted by molar-refractivity contribution is 0.0921. The largest absolute Gasteiger partial charge is 0.459 e. The second kappa shape index (κ2) is 6.66. The number of rotatable bonds is 3. The minimum atomic E-state index is -0.365. The van der Waals surface area contributed by atoms with Crippen molar-refractivity contribution in [2.75, 3.05) is 4.90 Å². The maximum Gasteiger partial charge on any atom is 0.294 e. The number of nitrogens with zero attached hydrogens (tertiary/aromatic N) is 1. The molecule has 0 radical (unpaired) electrons. The summed E-state index contributed by atoms with van der Waals surface area (Å²) in [6.07, 6.45) is 3.41. The standard InChI is InChI=1S/C25H27NO2/c1-5-18-12-14-19(15-13-18)25(4)17-24(2,3)26(21-10-7-6-9-20(21)25)23(27)22-11-8-16-28-22/h6-16H,5,17H2,1-4H3/t25-/m1/s1. The van der Waals surface area contributed by atoms with Crippen LogP contribution in [0, 0.1) is 0 Å². The Morgan fingerprint density at radius 2 is 1.71 bits per heavy atom. The molecular formula is C25H27NO2. The molecule has 0 aliphatic carbocycles. The van der Waals surface area contributed by atoms with Crippen molar-refractivity contribution in [3.05, 3.63) is 89.4 Å². The van der Waals surface area contributed by atoms with E-state index in [2.05, 4.69) is 70.2 Å². The van der Waals surface area contributed by atoms with Crippen LogP contribution < -0.4 is 4.90 Å². The third kappa shape index (κ3) is 2.86. The molecule has 0 unspecified atom stereocenters. The van der Waals surface area contributed by atoms with Gasteiger partial charge in [0.1, 0.15) is 0 Å². The van der Waals surface area contributed by atoms with Gasteiger partial charge in [-0.15, -0.1) is 0 Å². The zero-order valence-electron chi connectivity index (χ0n) is 17.0. The van der Waals surface area contributed by atoms with E-state index in [9.17, 15) is 4.79 Å². The molecular weight excluding hydrogens is 346 g/mol. The van der Waals surface area contributed by atoms with Gasteiger partial charge in [-0.2, -0.15) is 0 Å². The Balaban J connectivity index is 1.87. The molecule has 144 valence electrons. The van der Waals surface area contributed by atoms with E-state index in [0.717, 1.165) is 18.5 Å². The van der Waals surface area contributed by atoms with Gasteiger partial charge in [-0.05, 0) is 61.6 Å². The number of carbonyl (C=O) groups is 1. The smallest absolute Gasteiger partial charge is 0.294 e. The van der Waals surface area contributed by atoms with E-state index in [1.807, 2.05) is 11.0 Å². The van der Waals surface area contributed by atoms with Crippen molar-refractivity contribution in [2.45, 2.75) is 51.5 Å². The molecule has 3 aromatic rings. The third-order valence-corrected chi connectivity index (χ3v) is 6.07. The lowest BCUT2D eigenvalue weighted by Gasteiger charge is -2.51. The lowest BCUT2D eigenvalue weighted by Crippen LogP contribution is -2.55. The zero-order chi connectivity index (χ0) is 19.9. The molecule has 3 heteroatoms. The van der Waals surface area contributed by atoms with Crippen molar-refractivity contribution < 1.29 is 9.21 Å². The third-order valence-electron chi connectivity index (χ3n) is 6.07. The summed E-state index contributed by atoms with van der Waals surface area (Å²) in [4.78, 5) is 15.2. The minimum absolute atomic E-state index is 0.0918. The first-order valence-electron chi connectivity index (χ1n) is 9.94. The van der Waals surface area contributed by atoms with E-state index in [0.29, 0.717) is 5.76 Å². The van der Waals surface area contributed by atoms with Gasteiger partial charge >= 0.3 is 0 Å². The Hall–Kier alpha value is -2.81. The monoisotopic (exact) mass is 373 g/mol. The molecule has 4 rings (SSSR count). The summed E-state index contributed by atoms with van der Waals surface area (Å²) in [6, 6.07) is 20.7. The normalized spacial score (nSPS) is 20.6. The van der Waals surface area contributed by atoms with Gasteiger partial charge in [0.05, 0.1) is 6.26 Å². The number of aryl methyl sites for hydroxylation is 1. The number of para-hydroxylation sites is 1. The van der Waals surface area contributed by atoms with Crippen molar-refractivity contribution >= 4 is 11.6 Å². The van der Waals surface area contributed by atoms with E-state index >= 15 is 0 Å². The van der Waals surface area contributed by atoms with Crippen LogP contribution in [-0.2, 0) is 11.8 Å². The first kappa shape index (κ1) is 18.5. The predicted octanol–water partition coefficient (Wildman–Crippen LogP) is 5.98. The van der Waals surface area contributed by atoms with Crippen LogP contribution in [0.15, 0.2) is 71.3 Å². The number of anilines is 1. The van der Waals surface area contributed by atoms with E-state index in [1.54, 1.807) is 18.4 Å². The average molecular weight is 373 g/mol. The van der Waals surface area contributed by atoms with Gasteiger partial charge in [-0.1, -0.05) is 56.3 Å². The van der Waals surface area contributed by atoms with Crippen LogP contribution in [0.2, 0.25) is 0 Å². The van der Waals surface area contributed by atoms with Crippen LogP contribution in [0.1, 0.15) is 61.4 Å². The highest BCUT2D eigenvalue weighted by molar-refractivity contribution is 6.06. The molecule has 2 aromatic carbocycles. The molecule has 2 heterocycles. The highest BCUT2D eigenvalue weighted by Crippen LogP contribution is 2.50. The fraction of sp³-hybridized carbons (Fsp3) is 0.320. The number of hydrogen-bond donors (Lipinski definition) is 0. The highest BCUT2D eigenvalue weighted by Gasteiger charge is 2.48. The minimum Gasteiger partial charge on any atom is -0.459 e. The molecule has 1 atom stereocenters. The van der Waals surface area contributed by atoms with Crippen LogP contribution in [0.25, 0.3) is 0 Å². The van der Waals surface area contributed by atoms with Gasteiger partial charge < -0.3 is 4.42 Å². The maximum absolute atomic E-state index is 13.3. The second-order valence-electron chi connectivity index (χ2n) is 8.51. The molecule has 1 amide bonds. The molecule has 0 N–H and O–H groups in total. The fourth-order valence-electron chi connectivity index (χ4n) is 4.76. The quantitative estimate of drug-likeness (QED) is 0.566. The van der Waals surface area contributed by atoms with Crippen molar-refractivity contribution in [1.82, 2.24) is 0 Å². The summed E-state index contributed by atoms with van der Waals surface area (Å²) in [7, 11) is 0. The predicted molar refractivity (Wildman–Crippen MR) is 113 cm³/mol. The van der Waals surface area contributed by atoms with Gasteiger partial charge in [-0.25, -0.2) is 0 Å². The molecule has 1 aromatic heterocycles. The van der Waals surface area contributed by atoms with Crippen molar-refractivity contribution in [3.8, 4) is 0 Å². The van der Waals surface area contributed by atoms with Gasteiger partial charge in [-0.3, -0.25) is 9.69 Å². The van der Waals surface area contributed by atoms with Gasteiger partial charge in [0.25, 0.3) is 5.91 Å². The van der Waals surface area contributed by atoms with E-state index in [1.165, 1.54) is 16.7 Å². The zero-order valence-corrected chi connectivity index (χ0v) is 17.0. The van der Waals surface area contributed by atoms with Crippen LogP contribution in [-0.4, -0.2) is 11.4 Å². The summed E-state index contributed by atoms with van der Waals surface area (Å²) >= 11 is 0. The molecule has 0 fully saturated rings. The molecule has 3 nitrogen and oxygen atoms in total. The second-order valence-corrected chi connectivity index (χ2v) is 8.51. The molecule has 0 spiro atoms. The molecule has 0 saturated heterocycles. The van der Waals surface area contributed by atoms with Crippen molar-refractivity contribution in [2.24, 2.45) is 0 Å². The van der Waals surface area contributed by atoms with Crippen LogP contribution in [0.3, 0.4) is 0 Å². The lowest BCUT2D eigenvalue weighted by atomic mass is 9.65. The van der Waals surface area contributed by atoms with E-state index < -0.39 is 0 Å². The number of hydrogen-bond acceptors (Lipinski definition) is 2. The van der Waals surface area contributed by atoms with Gasteiger partial charge in [0, 0.05) is 16.6 Å². The molecule has 1 aliphatic rings. The van der Waals surface area contributed by atoms with Crippen LogP contribution in [0.4, 0.5) is 5.69 Å². The SMILES string of the molecule is CCc1ccc([C@@]2(C)CC(C)(C)N(C(=O)c3ccco3)c3ccccc32)cc1. The number of furan rings is 1. The van der Waals surface area contributed by atoms with Gasteiger partial charge in [0.15, 0.2) is 5.76 Å². The maximum atomic E-state index is 13.3. The summed E-state index contributed by atoms with van der Waals surface area (Å²) in [6.45, 7) is 8.75. The number of amides is 1.